The average Bonchev–Trinajstić information content (AvgIpc) is 2.48. The highest BCUT2D eigenvalue weighted by atomic mass is 16.6. The van der Waals surface area contributed by atoms with E-state index in [1.54, 1.807) is 17.3 Å². The third-order valence-electron chi connectivity index (χ3n) is 3.28. The first-order valence-electron chi connectivity index (χ1n) is 6.95. The minimum Gasteiger partial charge on any atom is -0.449 e. The molecule has 2 heterocycles. The summed E-state index contributed by atoms with van der Waals surface area (Å²) in [5, 5.41) is 0. The SMILES string of the molecule is CCCCOC(=O)N1CCN(c2cnc(N)nc2)CC1. The van der Waals surface area contributed by atoms with E-state index in [1.807, 2.05) is 0 Å². The number of aromatic nitrogens is 2. The lowest BCUT2D eigenvalue weighted by Gasteiger charge is -2.35. The Balaban J connectivity index is 1.80. The van der Waals surface area contributed by atoms with Crippen LogP contribution in [0, 0.1) is 0 Å². The molecule has 0 radical (unpaired) electrons. The monoisotopic (exact) mass is 279 g/mol. The molecule has 0 bridgehead atoms. The van der Waals surface area contributed by atoms with Gasteiger partial charge in [0.1, 0.15) is 0 Å². The normalized spacial score (nSPS) is 15.2. The average molecular weight is 279 g/mol. The van der Waals surface area contributed by atoms with E-state index in [9.17, 15) is 4.79 Å². The van der Waals surface area contributed by atoms with Crippen molar-refractivity contribution in [1.82, 2.24) is 14.9 Å². The zero-order valence-electron chi connectivity index (χ0n) is 11.8. The fraction of sp³-hybridized carbons (Fsp3) is 0.615. The van der Waals surface area contributed by atoms with Crippen molar-refractivity contribution < 1.29 is 9.53 Å². The Kier molecular flexibility index (Phi) is 4.97. The van der Waals surface area contributed by atoms with Crippen molar-refractivity contribution in [2.75, 3.05) is 43.4 Å². The molecule has 1 aromatic heterocycles. The van der Waals surface area contributed by atoms with Gasteiger partial charge in [-0.2, -0.15) is 0 Å². The van der Waals surface area contributed by atoms with Crippen molar-refractivity contribution in [2.24, 2.45) is 0 Å². The molecule has 7 heteroatoms. The molecule has 0 spiro atoms. The van der Waals surface area contributed by atoms with Gasteiger partial charge < -0.3 is 20.3 Å². The van der Waals surface area contributed by atoms with Crippen LogP contribution in [0.1, 0.15) is 19.8 Å². The van der Waals surface area contributed by atoms with E-state index in [2.05, 4.69) is 21.8 Å². The minimum atomic E-state index is -0.216. The number of ether oxygens (including phenoxy) is 1. The zero-order valence-corrected chi connectivity index (χ0v) is 11.8. The number of hydrogen-bond acceptors (Lipinski definition) is 6. The van der Waals surface area contributed by atoms with Gasteiger partial charge in [0.25, 0.3) is 0 Å². The highest BCUT2D eigenvalue weighted by Crippen LogP contribution is 2.14. The molecule has 2 rings (SSSR count). The highest BCUT2D eigenvalue weighted by molar-refractivity contribution is 5.68. The molecule has 1 aliphatic rings. The first kappa shape index (κ1) is 14.4. The lowest BCUT2D eigenvalue weighted by molar-refractivity contribution is 0.0989. The second-order valence-electron chi connectivity index (χ2n) is 4.74. The molecule has 1 aliphatic heterocycles. The van der Waals surface area contributed by atoms with Crippen molar-refractivity contribution >= 4 is 17.7 Å². The summed E-state index contributed by atoms with van der Waals surface area (Å²) in [6, 6.07) is 0. The Bertz CT molecular complexity index is 429. The van der Waals surface area contributed by atoms with Crippen molar-refractivity contribution in [3.05, 3.63) is 12.4 Å². The standard InChI is InChI=1S/C13H21N5O2/c1-2-3-8-20-13(19)18-6-4-17(5-7-18)11-9-15-12(14)16-10-11/h9-10H,2-8H2,1H3,(H2,14,15,16). The van der Waals surface area contributed by atoms with E-state index in [0.717, 1.165) is 31.6 Å². The Morgan fingerprint density at radius 2 is 1.95 bits per heavy atom. The Morgan fingerprint density at radius 3 is 2.55 bits per heavy atom. The molecule has 0 atom stereocenters. The molecule has 7 nitrogen and oxygen atoms in total. The van der Waals surface area contributed by atoms with E-state index >= 15 is 0 Å². The molecule has 0 aromatic carbocycles. The van der Waals surface area contributed by atoms with Gasteiger partial charge in [-0.1, -0.05) is 13.3 Å². The lowest BCUT2D eigenvalue weighted by Crippen LogP contribution is -2.49. The predicted octanol–water partition coefficient (Wildman–Crippen LogP) is 1.12. The molecular formula is C13H21N5O2. The van der Waals surface area contributed by atoms with Crippen LogP contribution in [0.5, 0.6) is 0 Å². The number of carbonyl (C=O) groups excluding carboxylic acids is 1. The van der Waals surface area contributed by atoms with Crippen LogP contribution < -0.4 is 10.6 Å². The first-order chi connectivity index (χ1) is 9.70. The number of anilines is 2. The van der Waals surface area contributed by atoms with Crippen molar-refractivity contribution in [2.45, 2.75) is 19.8 Å². The second-order valence-corrected chi connectivity index (χ2v) is 4.74. The van der Waals surface area contributed by atoms with Crippen LogP contribution in [0.15, 0.2) is 12.4 Å². The first-order valence-corrected chi connectivity index (χ1v) is 6.95. The van der Waals surface area contributed by atoms with Crippen LogP contribution in [-0.2, 0) is 4.74 Å². The summed E-state index contributed by atoms with van der Waals surface area (Å²) in [6.07, 6.45) is 5.13. The molecular weight excluding hydrogens is 258 g/mol. The van der Waals surface area contributed by atoms with Gasteiger partial charge in [0, 0.05) is 26.2 Å². The zero-order chi connectivity index (χ0) is 14.4. The maximum Gasteiger partial charge on any atom is 0.409 e. The van der Waals surface area contributed by atoms with Gasteiger partial charge in [0.15, 0.2) is 0 Å². The van der Waals surface area contributed by atoms with Gasteiger partial charge in [0.2, 0.25) is 5.95 Å². The fourth-order valence-corrected chi connectivity index (χ4v) is 2.04. The molecule has 2 N–H and O–H groups in total. The summed E-state index contributed by atoms with van der Waals surface area (Å²) in [5.41, 5.74) is 6.39. The Morgan fingerprint density at radius 1 is 1.30 bits per heavy atom. The molecule has 0 saturated carbocycles. The maximum atomic E-state index is 11.8. The van der Waals surface area contributed by atoms with Gasteiger partial charge >= 0.3 is 6.09 Å². The van der Waals surface area contributed by atoms with Crippen LogP contribution >= 0.6 is 0 Å². The highest BCUT2D eigenvalue weighted by Gasteiger charge is 2.22. The summed E-state index contributed by atoms with van der Waals surface area (Å²) >= 11 is 0. The lowest BCUT2D eigenvalue weighted by atomic mass is 10.3. The smallest absolute Gasteiger partial charge is 0.409 e. The third kappa shape index (κ3) is 3.72. The summed E-state index contributed by atoms with van der Waals surface area (Å²) in [6.45, 7) is 5.36. The maximum absolute atomic E-state index is 11.8. The van der Waals surface area contributed by atoms with Crippen LogP contribution in [-0.4, -0.2) is 53.7 Å². The summed E-state index contributed by atoms with van der Waals surface area (Å²) in [7, 11) is 0. The number of rotatable bonds is 4. The number of unbranched alkanes of at least 4 members (excludes halogenated alkanes) is 1. The number of nitrogens with zero attached hydrogens (tertiary/aromatic N) is 4. The Labute approximate surface area is 118 Å². The predicted molar refractivity (Wildman–Crippen MR) is 76.5 cm³/mol. The van der Waals surface area contributed by atoms with E-state index < -0.39 is 0 Å². The van der Waals surface area contributed by atoms with E-state index in [4.69, 9.17) is 10.5 Å². The molecule has 1 fully saturated rings. The van der Waals surface area contributed by atoms with Crippen LogP contribution in [0.3, 0.4) is 0 Å². The summed E-state index contributed by atoms with van der Waals surface area (Å²) < 4.78 is 5.21. The van der Waals surface area contributed by atoms with Gasteiger partial charge in [-0.15, -0.1) is 0 Å². The third-order valence-corrected chi connectivity index (χ3v) is 3.28. The van der Waals surface area contributed by atoms with Crippen LogP contribution in [0.4, 0.5) is 16.4 Å². The van der Waals surface area contributed by atoms with Crippen LogP contribution in [0.25, 0.3) is 0 Å². The number of nitrogen functional groups attached to an aromatic ring is 1. The number of piperazine rings is 1. The number of nitrogens with two attached hydrogens (primary N) is 1. The molecule has 110 valence electrons. The molecule has 1 saturated heterocycles. The van der Waals surface area contributed by atoms with Gasteiger partial charge in [0.05, 0.1) is 24.7 Å². The summed E-state index contributed by atoms with van der Waals surface area (Å²) in [5.74, 6) is 0.270. The van der Waals surface area contributed by atoms with E-state index in [0.29, 0.717) is 19.7 Å². The molecule has 0 aliphatic carbocycles. The van der Waals surface area contributed by atoms with Crippen LogP contribution in [0.2, 0.25) is 0 Å². The second kappa shape index (κ2) is 6.93. The summed E-state index contributed by atoms with van der Waals surface area (Å²) in [4.78, 5) is 23.6. The quantitative estimate of drug-likeness (QED) is 0.831. The fourth-order valence-electron chi connectivity index (χ4n) is 2.04. The Hall–Kier alpha value is -2.05. The molecule has 0 unspecified atom stereocenters. The minimum absolute atomic E-state index is 0.216. The van der Waals surface area contributed by atoms with Gasteiger partial charge in [-0.3, -0.25) is 0 Å². The van der Waals surface area contributed by atoms with Gasteiger partial charge in [-0.05, 0) is 6.42 Å². The molecule has 20 heavy (non-hydrogen) atoms. The number of carbonyl (C=O) groups is 1. The largest absolute Gasteiger partial charge is 0.449 e. The number of amides is 1. The van der Waals surface area contributed by atoms with Crippen molar-refractivity contribution in [1.29, 1.82) is 0 Å². The van der Waals surface area contributed by atoms with Crippen molar-refractivity contribution in [3.63, 3.8) is 0 Å². The molecule has 1 aromatic rings. The van der Waals surface area contributed by atoms with E-state index in [1.165, 1.54) is 0 Å². The number of hydrogen-bond donors (Lipinski definition) is 1. The molecule has 1 amide bonds. The van der Waals surface area contributed by atoms with E-state index in [-0.39, 0.29) is 12.0 Å². The van der Waals surface area contributed by atoms with Crippen molar-refractivity contribution in [3.8, 4) is 0 Å². The van der Waals surface area contributed by atoms with Gasteiger partial charge in [-0.25, -0.2) is 14.8 Å². The topological polar surface area (TPSA) is 84.6 Å².